The van der Waals surface area contributed by atoms with Crippen molar-refractivity contribution in [2.24, 2.45) is 0 Å². The highest BCUT2D eigenvalue weighted by atomic mass is 35.5. The number of carbonyl (C=O) groups is 1. The molecule has 1 amide bonds. The van der Waals surface area contributed by atoms with Crippen LogP contribution in [0.2, 0.25) is 5.02 Å². The number of nitrogens with zero attached hydrogens (tertiary/aromatic N) is 1. The largest absolute Gasteiger partial charge is 0.415 e. The molecule has 0 radical (unpaired) electrons. The average Bonchev–Trinajstić information content (AvgIpc) is 2.35. The maximum Gasteiger partial charge on any atom is 0.415 e. The number of halogens is 2. The van der Waals surface area contributed by atoms with Gasteiger partial charge in [0.2, 0.25) is 0 Å². The molecule has 1 aromatic carbocycles. The Kier molecular flexibility index (Phi) is 3.84. The maximum atomic E-state index is 13.1. The lowest BCUT2D eigenvalue weighted by Gasteiger charge is -2.25. The van der Waals surface area contributed by atoms with Gasteiger partial charge in [-0.15, -0.1) is 0 Å². The van der Waals surface area contributed by atoms with Crippen LogP contribution in [0.3, 0.4) is 0 Å². The number of benzene rings is 1. The molecule has 17 heavy (non-hydrogen) atoms. The highest BCUT2D eigenvalue weighted by Crippen LogP contribution is 2.21. The molecule has 92 valence electrons. The Balaban J connectivity index is 1.99. The molecular weight excluding hydrogens is 245 g/mol. The second-order valence-corrected chi connectivity index (χ2v) is 4.40. The number of rotatable bonds is 1. The van der Waals surface area contributed by atoms with Crippen LogP contribution < -0.4 is 4.74 Å². The van der Waals surface area contributed by atoms with E-state index in [1.807, 2.05) is 0 Å². The first kappa shape index (κ1) is 12.2. The quantitative estimate of drug-likeness (QED) is 0.771. The second kappa shape index (κ2) is 5.36. The summed E-state index contributed by atoms with van der Waals surface area (Å²) in [6.45, 7) is 1.41. The van der Waals surface area contributed by atoms with E-state index in [-0.39, 0.29) is 10.8 Å². The van der Waals surface area contributed by atoms with Crippen LogP contribution in [-0.4, -0.2) is 24.1 Å². The zero-order chi connectivity index (χ0) is 12.3. The number of hydrogen-bond donors (Lipinski definition) is 0. The summed E-state index contributed by atoms with van der Waals surface area (Å²) in [7, 11) is 0. The van der Waals surface area contributed by atoms with E-state index in [4.69, 9.17) is 16.3 Å². The topological polar surface area (TPSA) is 29.5 Å². The molecule has 1 aliphatic rings. The second-order valence-electron chi connectivity index (χ2n) is 3.99. The van der Waals surface area contributed by atoms with Gasteiger partial charge in [-0.1, -0.05) is 11.6 Å². The lowest BCUT2D eigenvalue weighted by atomic mass is 10.1. The molecule has 1 fully saturated rings. The molecule has 0 unspecified atom stereocenters. The minimum absolute atomic E-state index is 0.0165. The van der Waals surface area contributed by atoms with Gasteiger partial charge < -0.3 is 9.64 Å². The van der Waals surface area contributed by atoms with Crippen LogP contribution in [0.1, 0.15) is 19.3 Å². The van der Waals surface area contributed by atoms with Crippen LogP contribution in [-0.2, 0) is 0 Å². The van der Waals surface area contributed by atoms with Crippen molar-refractivity contribution in [1.29, 1.82) is 0 Å². The molecule has 0 spiro atoms. The van der Waals surface area contributed by atoms with E-state index in [1.54, 1.807) is 4.90 Å². The molecule has 1 heterocycles. The molecule has 5 heteroatoms. The first-order valence-electron chi connectivity index (χ1n) is 5.58. The van der Waals surface area contributed by atoms with Gasteiger partial charge in [-0.05, 0) is 31.4 Å². The summed E-state index contributed by atoms with van der Waals surface area (Å²) in [5.41, 5.74) is 0. The highest BCUT2D eigenvalue weighted by molar-refractivity contribution is 6.30. The molecule has 0 N–H and O–H groups in total. The lowest BCUT2D eigenvalue weighted by Crippen LogP contribution is -2.37. The van der Waals surface area contributed by atoms with E-state index in [0.717, 1.165) is 25.3 Å². The molecule has 0 aromatic heterocycles. The number of ether oxygens (including phenoxy) is 1. The Morgan fingerprint density at radius 2 is 2.00 bits per heavy atom. The van der Waals surface area contributed by atoms with Crippen LogP contribution >= 0.6 is 11.6 Å². The number of piperidine rings is 1. The molecule has 1 saturated heterocycles. The molecule has 1 aliphatic heterocycles. The van der Waals surface area contributed by atoms with E-state index >= 15 is 0 Å². The standard InChI is InChI=1S/C12H13ClFNO2/c13-10-5-4-9(8-11(10)14)17-12(16)15-6-2-1-3-7-15/h4-5,8H,1-3,6-7H2. The minimum atomic E-state index is -0.587. The van der Waals surface area contributed by atoms with E-state index < -0.39 is 11.9 Å². The molecule has 2 rings (SSSR count). The Hall–Kier alpha value is -1.29. The first-order chi connectivity index (χ1) is 8.16. The number of hydrogen-bond acceptors (Lipinski definition) is 2. The number of amides is 1. The van der Waals surface area contributed by atoms with Crippen molar-refractivity contribution < 1.29 is 13.9 Å². The molecular formula is C12H13ClFNO2. The van der Waals surface area contributed by atoms with Gasteiger partial charge in [-0.2, -0.15) is 0 Å². The van der Waals surface area contributed by atoms with Gasteiger partial charge in [0.1, 0.15) is 11.6 Å². The summed E-state index contributed by atoms with van der Waals surface area (Å²) in [5.74, 6) is -0.405. The van der Waals surface area contributed by atoms with Crippen molar-refractivity contribution in [3.8, 4) is 5.75 Å². The molecule has 1 aromatic rings. The Morgan fingerprint density at radius 3 is 2.65 bits per heavy atom. The normalized spacial score (nSPS) is 15.8. The van der Waals surface area contributed by atoms with Gasteiger partial charge in [0, 0.05) is 19.2 Å². The molecule has 0 aliphatic carbocycles. The third-order valence-electron chi connectivity index (χ3n) is 2.71. The van der Waals surface area contributed by atoms with Crippen molar-refractivity contribution in [2.45, 2.75) is 19.3 Å². The number of carbonyl (C=O) groups excluding carboxylic acids is 1. The Labute approximate surface area is 104 Å². The van der Waals surface area contributed by atoms with Crippen molar-refractivity contribution in [3.63, 3.8) is 0 Å². The van der Waals surface area contributed by atoms with Crippen LogP contribution in [0, 0.1) is 5.82 Å². The predicted octanol–water partition coefficient (Wildman–Crippen LogP) is 3.46. The SMILES string of the molecule is O=C(Oc1ccc(Cl)c(F)c1)N1CCCCC1. The van der Waals surface area contributed by atoms with E-state index in [9.17, 15) is 9.18 Å². The van der Waals surface area contributed by atoms with Gasteiger partial charge in [0.05, 0.1) is 5.02 Å². The summed E-state index contributed by atoms with van der Waals surface area (Å²) in [6, 6.07) is 3.97. The van der Waals surface area contributed by atoms with Crippen LogP contribution in [0.5, 0.6) is 5.75 Å². The van der Waals surface area contributed by atoms with Crippen LogP contribution in [0.25, 0.3) is 0 Å². The third-order valence-corrected chi connectivity index (χ3v) is 3.02. The van der Waals surface area contributed by atoms with Crippen molar-refractivity contribution in [3.05, 3.63) is 29.0 Å². The fraction of sp³-hybridized carbons (Fsp3) is 0.417. The van der Waals surface area contributed by atoms with Gasteiger partial charge >= 0.3 is 6.09 Å². The third kappa shape index (κ3) is 3.09. The highest BCUT2D eigenvalue weighted by Gasteiger charge is 2.18. The van der Waals surface area contributed by atoms with Gasteiger partial charge in [-0.25, -0.2) is 9.18 Å². The van der Waals surface area contributed by atoms with E-state index in [1.165, 1.54) is 12.1 Å². The van der Waals surface area contributed by atoms with E-state index in [2.05, 4.69) is 0 Å². The zero-order valence-electron chi connectivity index (χ0n) is 9.29. The Morgan fingerprint density at radius 1 is 1.29 bits per heavy atom. The zero-order valence-corrected chi connectivity index (χ0v) is 10.0. The molecule has 0 bridgehead atoms. The summed E-state index contributed by atoms with van der Waals surface area (Å²) >= 11 is 5.54. The van der Waals surface area contributed by atoms with Crippen molar-refractivity contribution in [1.82, 2.24) is 4.90 Å². The lowest BCUT2D eigenvalue weighted by molar-refractivity contribution is 0.142. The minimum Gasteiger partial charge on any atom is -0.410 e. The molecule has 0 atom stereocenters. The van der Waals surface area contributed by atoms with Crippen molar-refractivity contribution >= 4 is 17.7 Å². The van der Waals surface area contributed by atoms with E-state index in [0.29, 0.717) is 13.1 Å². The van der Waals surface area contributed by atoms with Gasteiger partial charge in [0.15, 0.2) is 0 Å². The first-order valence-corrected chi connectivity index (χ1v) is 5.96. The average molecular weight is 258 g/mol. The Bertz CT molecular complexity index is 419. The fourth-order valence-electron chi connectivity index (χ4n) is 1.78. The fourth-order valence-corrected chi connectivity index (χ4v) is 1.90. The summed E-state index contributed by atoms with van der Waals surface area (Å²) < 4.78 is 18.2. The summed E-state index contributed by atoms with van der Waals surface area (Å²) in [6.07, 6.45) is 2.69. The molecule has 3 nitrogen and oxygen atoms in total. The predicted molar refractivity (Wildman–Crippen MR) is 62.9 cm³/mol. The summed E-state index contributed by atoms with van der Waals surface area (Å²) in [5, 5.41) is 0.0165. The molecule has 0 saturated carbocycles. The number of likely N-dealkylation sites (tertiary alicyclic amines) is 1. The van der Waals surface area contributed by atoms with Crippen molar-refractivity contribution in [2.75, 3.05) is 13.1 Å². The van der Waals surface area contributed by atoms with Crippen LogP contribution in [0.4, 0.5) is 9.18 Å². The van der Waals surface area contributed by atoms with Gasteiger partial charge in [-0.3, -0.25) is 0 Å². The van der Waals surface area contributed by atoms with Gasteiger partial charge in [0.25, 0.3) is 0 Å². The monoisotopic (exact) mass is 257 g/mol. The van der Waals surface area contributed by atoms with Crippen LogP contribution in [0.15, 0.2) is 18.2 Å². The summed E-state index contributed by atoms with van der Waals surface area (Å²) in [4.78, 5) is 13.3. The smallest absolute Gasteiger partial charge is 0.410 e. The maximum absolute atomic E-state index is 13.1.